The van der Waals surface area contributed by atoms with Gasteiger partial charge >= 0.3 is 6.09 Å². The van der Waals surface area contributed by atoms with Gasteiger partial charge in [0, 0.05) is 12.7 Å². The van der Waals surface area contributed by atoms with Crippen molar-refractivity contribution in [2.75, 3.05) is 13.1 Å². The fraction of sp³-hybridized carbons (Fsp3) is 0.429. The van der Waals surface area contributed by atoms with Gasteiger partial charge < -0.3 is 9.64 Å². The molecule has 1 aliphatic rings. The van der Waals surface area contributed by atoms with Crippen molar-refractivity contribution in [1.29, 1.82) is 0 Å². The van der Waals surface area contributed by atoms with Crippen molar-refractivity contribution >= 4 is 11.7 Å². The maximum absolute atomic E-state index is 11.9. The maximum atomic E-state index is 11.9. The van der Waals surface area contributed by atoms with Crippen LogP contribution in [0.25, 0.3) is 5.57 Å². The van der Waals surface area contributed by atoms with Crippen molar-refractivity contribution in [1.82, 2.24) is 9.88 Å². The molecule has 1 aromatic rings. The average Bonchev–Trinajstić information content (AvgIpc) is 2.77. The molecule has 0 aromatic carbocycles. The molecule has 0 saturated heterocycles. The molecule has 4 heteroatoms. The first-order valence-electron chi connectivity index (χ1n) is 6.04. The van der Waals surface area contributed by atoms with Crippen molar-refractivity contribution in [3.05, 3.63) is 36.2 Å². The van der Waals surface area contributed by atoms with E-state index in [1.165, 1.54) is 0 Å². The highest BCUT2D eigenvalue weighted by Gasteiger charge is 2.25. The summed E-state index contributed by atoms with van der Waals surface area (Å²) in [6, 6.07) is 5.77. The molecule has 2 rings (SSSR count). The van der Waals surface area contributed by atoms with Crippen molar-refractivity contribution < 1.29 is 9.53 Å². The Balaban J connectivity index is 1.98. The van der Waals surface area contributed by atoms with Gasteiger partial charge in [0.1, 0.15) is 5.60 Å². The summed E-state index contributed by atoms with van der Waals surface area (Å²) in [5.41, 5.74) is 1.54. The SMILES string of the molecule is CC(C)(C)OC(=O)N1CC=C(c2ccccn2)C1. The Morgan fingerprint density at radius 1 is 1.39 bits per heavy atom. The Labute approximate surface area is 107 Å². The van der Waals surface area contributed by atoms with Crippen molar-refractivity contribution in [3.63, 3.8) is 0 Å². The standard InChI is InChI=1S/C14H18N2O2/c1-14(2,3)18-13(17)16-9-7-11(10-16)12-6-4-5-8-15-12/h4-8H,9-10H2,1-3H3. The first kappa shape index (κ1) is 12.6. The van der Waals surface area contributed by atoms with Gasteiger partial charge in [-0.15, -0.1) is 0 Å². The van der Waals surface area contributed by atoms with Gasteiger partial charge in [0.05, 0.1) is 12.2 Å². The number of hydrogen-bond donors (Lipinski definition) is 0. The first-order valence-corrected chi connectivity index (χ1v) is 6.04. The lowest BCUT2D eigenvalue weighted by Gasteiger charge is -2.24. The second-order valence-electron chi connectivity index (χ2n) is 5.31. The smallest absolute Gasteiger partial charge is 0.410 e. The van der Waals surface area contributed by atoms with Crippen LogP contribution in [0.5, 0.6) is 0 Å². The summed E-state index contributed by atoms with van der Waals surface area (Å²) in [5.74, 6) is 0. The number of ether oxygens (including phenoxy) is 1. The minimum Gasteiger partial charge on any atom is -0.444 e. The highest BCUT2D eigenvalue weighted by atomic mass is 16.6. The molecule has 0 atom stereocenters. The summed E-state index contributed by atoms with van der Waals surface area (Å²) in [5, 5.41) is 0. The van der Waals surface area contributed by atoms with Gasteiger partial charge in [-0.1, -0.05) is 12.1 Å². The molecular formula is C14H18N2O2. The molecule has 0 unspecified atom stereocenters. The van der Waals surface area contributed by atoms with E-state index in [-0.39, 0.29) is 6.09 Å². The maximum Gasteiger partial charge on any atom is 0.410 e. The Hall–Kier alpha value is -1.84. The molecule has 0 fully saturated rings. The summed E-state index contributed by atoms with van der Waals surface area (Å²) >= 11 is 0. The molecule has 18 heavy (non-hydrogen) atoms. The van der Waals surface area contributed by atoms with Crippen LogP contribution in [0.2, 0.25) is 0 Å². The molecule has 1 amide bonds. The molecule has 96 valence electrons. The van der Waals surface area contributed by atoms with Crippen LogP contribution in [0.4, 0.5) is 4.79 Å². The third-order valence-electron chi connectivity index (χ3n) is 2.56. The van der Waals surface area contributed by atoms with Gasteiger partial charge in [0.25, 0.3) is 0 Å². The fourth-order valence-electron chi connectivity index (χ4n) is 1.76. The molecule has 0 bridgehead atoms. The second kappa shape index (κ2) is 4.80. The summed E-state index contributed by atoms with van der Waals surface area (Å²) < 4.78 is 5.34. The van der Waals surface area contributed by atoms with Crippen LogP contribution in [0.15, 0.2) is 30.5 Å². The number of pyridine rings is 1. The van der Waals surface area contributed by atoms with Gasteiger partial charge in [-0.05, 0) is 38.5 Å². The monoisotopic (exact) mass is 246 g/mol. The number of carbonyl (C=O) groups excluding carboxylic acids is 1. The quantitative estimate of drug-likeness (QED) is 0.765. The highest BCUT2D eigenvalue weighted by molar-refractivity contribution is 5.76. The summed E-state index contributed by atoms with van der Waals surface area (Å²) in [6.45, 7) is 6.75. The Kier molecular flexibility index (Phi) is 3.36. The Bertz CT molecular complexity index is 460. The summed E-state index contributed by atoms with van der Waals surface area (Å²) in [4.78, 5) is 17.8. The highest BCUT2D eigenvalue weighted by Crippen LogP contribution is 2.20. The zero-order valence-electron chi connectivity index (χ0n) is 11.0. The second-order valence-corrected chi connectivity index (χ2v) is 5.31. The molecule has 2 heterocycles. The van der Waals surface area contributed by atoms with Crippen molar-refractivity contribution in [3.8, 4) is 0 Å². The van der Waals surface area contributed by atoms with E-state index in [0.717, 1.165) is 11.3 Å². The molecule has 1 aliphatic heterocycles. The predicted octanol–water partition coefficient (Wildman–Crippen LogP) is 2.72. The molecule has 0 N–H and O–H groups in total. The molecule has 0 aliphatic carbocycles. The van der Waals surface area contributed by atoms with E-state index >= 15 is 0 Å². The minimum atomic E-state index is -0.454. The molecule has 4 nitrogen and oxygen atoms in total. The topological polar surface area (TPSA) is 42.4 Å². The van der Waals surface area contributed by atoms with E-state index < -0.39 is 5.60 Å². The number of amides is 1. The van der Waals surface area contributed by atoms with E-state index in [1.807, 2.05) is 45.0 Å². The molecule has 0 spiro atoms. The largest absolute Gasteiger partial charge is 0.444 e. The third kappa shape index (κ3) is 3.09. The third-order valence-corrected chi connectivity index (χ3v) is 2.56. The Morgan fingerprint density at radius 2 is 2.17 bits per heavy atom. The van der Waals surface area contributed by atoms with E-state index in [2.05, 4.69) is 4.98 Å². The van der Waals surface area contributed by atoms with Crippen molar-refractivity contribution in [2.24, 2.45) is 0 Å². The summed E-state index contributed by atoms with van der Waals surface area (Å²) in [7, 11) is 0. The summed E-state index contributed by atoms with van der Waals surface area (Å²) in [6.07, 6.45) is 3.50. The molecule has 1 aromatic heterocycles. The lowest BCUT2D eigenvalue weighted by molar-refractivity contribution is 0.0306. The van der Waals surface area contributed by atoms with Crippen LogP contribution >= 0.6 is 0 Å². The number of carbonyl (C=O) groups is 1. The van der Waals surface area contributed by atoms with Gasteiger partial charge in [-0.25, -0.2) is 4.79 Å². The van der Waals surface area contributed by atoms with Crippen LogP contribution in [-0.2, 0) is 4.74 Å². The van der Waals surface area contributed by atoms with Gasteiger partial charge in [-0.2, -0.15) is 0 Å². The fourth-order valence-corrected chi connectivity index (χ4v) is 1.76. The van der Waals surface area contributed by atoms with Gasteiger partial charge in [-0.3, -0.25) is 4.98 Å². The van der Waals surface area contributed by atoms with Crippen LogP contribution in [-0.4, -0.2) is 34.7 Å². The number of hydrogen-bond acceptors (Lipinski definition) is 3. The zero-order chi connectivity index (χ0) is 13.2. The molecule has 0 saturated carbocycles. The molecule has 0 radical (unpaired) electrons. The van der Waals surface area contributed by atoms with Crippen LogP contribution in [0.1, 0.15) is 26.5 Å². The number of nitrogens with zero attached hydrogens (tertiary/aromatic N) is 2. The first-order chi connectivity index (χ1) is 8.46. The normalized spacial score (nSPS) is 15.5. The van der Waals surface area contributed by atoms with E-state index in [4.69, 9.17) is 4.74 Å². The Morgan fingerprint density at radius 3 is 2.78 bits per heavy atom. The van der Waals surface area contributed by atoms with E-state index in [9.17, 15) is 4.79 Å². The average molecular weight is 246 g/mol. The van der Waals surface area contributed by atoms with E-state index in [0.29, 0.717) is 13.1 Å². The minimum absolute atomic E-state index is 0.273. The van der Waals surface area contributed by atoms with Crippen LogP contribution in [0, 0.1) is 0 Å². The van der Waals surface area contributed by atoms with Crippen LogP contribution in [0.3, 0.4) is 0 Å². The van der Waals surface area contributed by atoms with Gasteiger partial charge in [0.15, 0.2) is 0 Å². The number of rotatable bonds is 1. The number of aromatic nitrogens is 1. The lowest BCUT2D eigenvalue weighted by atomic mass is 10.2. The molecular weight excluding hydrogens is 228 g/mol. The van der Waals surface area contributed by atoms with Crippen LogP contribution < -0.4 is 0 Å². The van der Waals surface area contributed by atoms with Gasteiger partial charge in [0.2, 0.25) is 0 Å². The zero-order valence-corrected chi connectivity index (χ0v) is 11.0. The van der Waals surface area contributed by atoms with E-state index in [1.54, 1.807) is 11.1 Å². The lowest BCUT2D eigenvalue weighted by Crippen LogP contribution is -2.35. The van der Waals surface area contributed by atoms with Crippen molar-refractivity contribution in [2.45, 2.75) is 26.4 Å². The predicted molar refractivity (Wildman–Crippen MR) is 70.0 cm³/mol.